The van der Waals surface area contributed by atoms with Crippen molar-refractivity contribution in [3.8, 4) is 0 Å². The van der Waals surface area contributed by atoms with Crippen LogP contribution in [0, 0.1) is 20.8 Å². The zero-order valence-electron chi connectivity index (χ0n) is 17.1. The Hall–Kier alpha value is -2.95. The van der Waals surface area contributed by atoms with Crippen LogP contribution in [-0.4, -0.2) is 25.6 Å². The maximum Gasteiger partial charge on any atom is 0.223 e. The van der Waals surface area contributed by atoms with Crippen LogP contribution in [0.3, 0.4) is 0 Å². The molecule has 0 aliphatic rings. The average Bonchev–Trinajstić information content (AvgIpc) is 2.93. The van der Waals surface area contributed by atoms with Gasteiger partial charge in [-0.3, -0.25) is 14.5 Å². The van der Waals surface area contributed by atoms with E-state index < -0.39 is 0 Å². The Bertz CT molecular complexity index is 946. The minimum absolute atomic E-state index is 0.148. The van der Waals surface area contributed by atoms with E-state index in [0.717, 1.165) is 17.0 Å². The summed E-state index contributed by atoms with van der Waals surface area (Å²) in [6.45, 7) is 7.32. The van der Waals surface area contributed by atoms with Gasteiger partial charge in [0.2, 0.25) is 5.91 Å². The molecule has 0 saturated carbocycles. The lowest BCUT2D eigenvalue weighted by Gasteiger charge is -2.24. The Labute approximate surface area is 167 Å². The highest BCUT2D eigenvalue weighted by Crippen LogP contribution is 2.18. The Morgan fingerprint density at radius 1 is 1.07 bits per heavy atom. The van der Waals surface area contributed by atoms with E-state index in [1.165, 1.54) is 16.7 Å². The van der Waals surface area contributed by atoms with Crippen molar-refractivity contribution in [1.29, 1.82) is 0 Å². The molecular weight excluding hydrogens is 348 g/mol. The van der Waals surface area contributed by atoms with Crippen molar-refractivity contribution in [1.82, 2.24) is 19.7 Å². The van der Waals surface area contributed by atoms with Crippen LogP contribution in [0.4, 0.5) is 0 Å². The molecule has 0 N–H and O–H groups in total. The third kappa shape index (κ3) is 4.66. The molecular formula is C23H28N4O. The summed E-state index contributed by atoms with van der Waals surface area (Å²) in [6, 6.07) is 12.2. The molecule has 3 rings (SSSR count). The quantitative estimate of drug-likeness (QED) is 0.628. The van der Waals surface area contributed by atoms with Gasteiger partial charge in [0.05, 0.1) is 5.69 Å². The van der Waals surface area contributed by atoms with Gasteiger partial charge >= 0.3 is 0 Å². The Morgan fingerprint density at radius 3 is 2.50 bits per heavy atom. The second kappa shape index (κ2) is 8.83. The molecule has 2 aromatic heterocycles. The number of pyridine rings is 1. The monoisotopic (exact) mass is 376 g/mol. The van der Waals surface area contributed by atoms with Crippen LogP contribution in [-0.2, 0) is 31.4 Å². The standard InChI is InChI=1S/C23H28N4O/c1-17-8-5-6-10-21(17)16-27(15-20-9-7-13-24-14-20)23(28)12-11-22-18(2)25-26(4)19(22)3/h5-10,13-14H,11-12,15-16H2,1-4H3. The highest BCUT2D eigenvalue weighted by Gasteiger charge is 2.18. The minimum Gasteiger partial charge on any atom is -0.334 e. The van der Waals surface area contributed by atoms with Gasteiger partial charge in [0, 0.05) is 44.6 Å². The number of amides is 1. The molecule has 1 aromatic carbocycles. The van der Waals surface area contributed by atoms with Crippen molar-refractivity contribution in [2.75, 3.05) is 0 Å². The van der Waals surface area contributed by atoms with Gasteiger partial charge in [-0.15, -0.1) is 0 Å². The SMILES string of the molecule is Cc1ccccc1CN(Cc1cccnc1)C(=O)CCc1c(C)nn(C)c1C. The summed E-state index contributed by atoms with van der Waals surface area (Å²) in [5.74, 6) is 0.148. The predicted octanol–water partition coefficient (Wildman–Crippen LogP) is 3.90. The van der Waals surface area contributed by atoms with E-state index in [4.69, 9.17) is 0 Å². The first kappa shape index (κ1) is 19.8. The van der Waals surface area contributed by atoms with Gasteiger partial charge < -0.3 is 4.90 Å². The fraction of sp³-hybridized carbons (Fsp3) is 0.348. The molecule has 28 heavy (non-hydrogen) atoms. The second-order valence-electron chi connectivity index (χ2n) is 7.31. The lowest BCUT2D eigenvalue weighted by Crippen LogP contribution is -2.30. The molecule has 0 spiro atoms. The highest BCUT2D eigenvalue weighted by molar-refractivity contribution is 5.76. The van der Waals surface area contributed by atoms with Gasteiger partial charge in [-0.2, -0.15) is 5.10 Å². The molecule has 0 radical (unpaired) electrons. The molecule has 0 fully saturated rings. The normalized spacial score (nSPS) is 10.9. The summed E-state index contributed by atoms with van der Waals surface area (Å²) in [5, 5.41) is 4.46. The van der Waals surface area contributed by atoms with Crippen molar-refractivity contribution >= 4 is 5.91 Å². The number of hydrogen-bond acceptors (Lipinski definition) is 3. The first-order valence-electron chi connectivity index (χ1n) is 9.66. The molecule has 0 aliphatic carbocycles. The van der Waals surface area contributed by atoms with Crippen LogP contribution in [0.2, 0.25) is 0 Å². The lowest BCUT2D eigenvalue weighted by atomic mass is 10.1. The first-order valence-corrected chi connectivity index (χ1v) is 9.66. The molecule has 2 heterocycles. The van der Waals surface area contributed by atoms with Crippen molar-refractivity contribution < 1.29 is 4.79 Å². The van der Waals surface area contributed by atoms with Gasteiger partial charge in [0.15, 0.2) is 0 Å². The molecule has 1 amide bonds. The van der Waals surface area contributed by atoms with Gasteiger partial charge in [0.25, 0.3) is 0 Å². The van der Waals surface area contributed by atoms with Crippen molar-refractivity contribution in [2.24, 2.45) is 7.05 Å². The third-order valence-electron chi connectivity index (χ3n) is 5.32. The van der Waals surface area contributed by atoms with Crippen LogP contribution in [0.15, 0.2) is 48.8 Å². The van der Waals surface area contributed by atoms with Crippen molar-refractivity contribution in [3.63, 3.8) is 0 Å². The van der Waals surface area contributed by atoms with Crippen LogP contribution in [0.5, 0.6) is 0 Å². The molecule has 3 aromatic rings. The van der Waals surface area contributed by atoms with Gasteiger partial charge in [0.1, 0.15) is 0 Å². The molecule has 146 valence electrons. The first-order chi connectivity index (χ1) is 13.5. The van der Waals surface area contributed by atoms with Crippen molar-refractivity contribution in [2.45, 2.75) is 46.7 Å². The zero-order valence-corrected chi connectivity index (χ0v) is 17.1. The third-order valence-corrected chi connectivity index (χ3v) is 5.32. The number of aromatic nitrogens is 3. The van der Waals surface area contributed by atoms with Crippen LogP contribution in [0.25, 0.3) is 0 Å². The summed E-state index contributed by atoms with van der Waals surface area (Å²) in [5.41, 5.74) is 6.72. The van der Waals surface area contributed by atoms with E-state index in [0.29, 0.717) is 25.9 Å². The molecule has 5 nitrogen and oxygen atoms in total. The Morgan fingerprint density at radius 2 is 1.86 bits per heavy atom. The van der Waals surface area contributed by atoms with Crippen LogP contribution < -0.4 is 0 Å². The number of rotatable bonds is 7. The van der Waals surface area contributed by atoms with E-state index in [1.807, 2.05) is 54.0 Å². The van der Waals surface area contributed by atoms with E-state index >= 15 is 0 Å². The molecule has 0 unspecified atom stereocenters. The maximum atomic E-state index is 13.1. The smallest absolute Gasteiger partial charge is 0.223 e. The summed E-state index contributed by atoms with van der Waals surface area (Å²) in [4.78, 5) is 19.3. The number of hydrogen-bond donors (Lipinski definition) is 0. The fourth-order valence-corrected chi connectivity index (χ4v) is 3.51. The van der Waals surface area contributed by atoms with Crippen molar-refractivity contribution in [3.05, 3.63) is 82.4 Å². The van der Waals surface area contributed by atoms with Crippen LogP contribution in [0.1, 0.15) is 40.1 Å². The number of aryl methyl sites for hydroxylation is 3. The lowest BCUT2D eigenvalue weighted by molar-refractivity contribution is -0.132. The average molecular weight is 377 g/mol. The van der Waals surface area contributed by atoms with Crippen LogP contribution >= 0.6 is 0 Å². The molecule has 0 bridgehead atoms. The Balaban J connectivity index is 1.77. The topological polar surface area (TPSA) is 51.0 Å². The van der Waals surface area contributed by atoms with Gasteiger partial charge in [-0.05, 0) is 55.5 Å². The highest BCUT2D eigenvalue weighted by atomic mass is 16.2. The van der Waals surface area contributed by atoms with Gasteiger partial charge in [-0.25, -0.2) is 0 Å². The molecule has 0 saturated heterocycles. The number of benzene rings is 1. The molecule has 5 heteroatoms. The second-order valence-corrected chi connectivity index (χ2v) is 7.31. The van der Waals surface area contributed by atoms with E-state index in [9.17, 15) is 4.79 Å². The Kier molecular flexibility index (Phi) is 6.24. The maximum absolute atomic E-state index is 13.1. The van der Waals surface area contributed by atoms with E-state index in [-0.39, 0.29) is 5.91 Å². The number of carbonyl (C=O) groups excluding carboxylic acids is 1. The number of nitrogens with zero attached hydrogens (tertiary/aromatic N) is 4. The zero-order chi connectivity index (χ0) is 20.1. The van der Waals surface area contributed by atoms with Gasteiger partial charge in [-0.1, -0.05) is 30.3 Å². The molecule has 0 atom stereocenters. The summed E-state index contributed by atoms with van der Waals surface area (Å²) < 4.78 is 1.88. The van der Waals surface area contributed by atoms with E-state index in [1.54, 1.807) is 6.20 Å². The summed E-state index contributed by atoms with van der Waals surface area (Å²) in [7, 11) is 1.94. The largest absolute Gasteiger partial charge is 0.334 e. The minimum atomic E-state index is 0.148. The molecule has 0 aliphatic heterocycles. The summed E-state index contributed by atoms with van der Waals surface area (Å²) in [6.07, 6.45) is 4.76. The predicted molar refractivity (Wildman–Crippen MR) is 111 cm³/mol. The summed E-state index contributed by atoms with van der Waals surface area (Å²) >= 11 is 0. The fourth-order valence-electron chi connectivity index (χ4n) is 3.51. The number of carbonyl (C=O) groups is 1. The van der Waals surface area contributed by atoms with E-state index in [2.05, 4.69) is 36.1 Å².